The SMILES string of the molecule is Oc1cccc2ccccc12.c1ccc(Oc2ccccc2)cc1. The van der Waals surface area contributed by atoms with Crippen LogP contribution < -0.4 is 4.74 Å². The highest BCUT2D eigenvalue weighted by Gasteiger charge is 1.94. The van der Waals surface area contributed by atoms with Gasteiger partial charge in [-0.3, -0.25) is 0 Å². The lowest BCUT2D eigenvalue weighted by atomic mass is 10.1. The molecule has 24 heavy (non-hydrogen) atoms. The monoisotopic (exact) mass is 314 g/mol. The van der Waals surface area contributed by atoms with E-state index in [4.69, 9.17) is 4.74 Å². The summed E-state index contributed by atoms with van der Waals surface area (Å²) in [6, 6.07) is 32.8. The van der Waals surface area contributed by atoms with E-state index >= 15 is 0 Å². The second-order valence-corrected chi connectivity index (χ2v) is 5.23. The maximum Gasteiger partial charge on any atom is 0.127 e. The van der Waals surface area contributed by atoms with E-state index in [9.17, 15) is 5.11 Å². The number of phenolic OH excluding ortho intramolecular Hbond substituents is 1. The molecule has 0 fully saturated rings. The van der Waals surface area contributed by atoms with Crippen molar-refractivity contribution >= 4 is 10.8 Å². The standard InChI is InChI=1S/C12H10O.C10H8O/c1-3-7-11(8-4-1)13-12-9-5-2-6-10-12;11-10-7-3-5-8-4-1-2-6-9(8)10/h1-10H;1-7,11H. The minimum Gasteiger partial charge on any atom is -0.507 e. The fourth-order valence-corrected chi connectivity index (χ4v) is 2.32. The van der Waals surface area contributed by atoms with Crippen LogP contribution in [0.3, 0.4) is 0 Å². The van der Waals surface area contributed by atoms with Gasteiger partial charge < -0.3 is 9.84 Å². The molecule has 0 aliphatic heterocycles. The van der Waals surface area contributed by atoms with Crippen molar-refractivity contribution in [3.05, 3.63) is 103 Å². The van der Waals surface area contributed by atoms with E-state index in [0.717, 1.165) is 22.3 Å². The van der Waals surface area contributed by atoms with Crippen LogP contribution in [0.5, 0.6) is 17.2 Å². The number of ether oxygens (including phenoxy) is 1. The van der Waals surface area contributed by atoms with Crippen LogP contribution in [0.15, 0.2) is 103 Å². The van der Waals surface area contributed by atoms with Crippen molar-refractivity contribution in [2.24, 2.45) is 0 Å². The van der Waals surface area contributed by atoms with Gasteiger partial charge in [0.1, 0.15) is 17.2 Å². The van der Waals surface area contributed by atoms with Crippen LogP contribution in [-0.2, 0) is 0 Å². The molecule has 0 aliphatic rings. The van der Waals surface area contributed by atoms with Gasteiger partial charge in [-0.25, -0.2) is 0 Å². The zero-order valence-corrected chi connectivity index (χ0v) is 13.2. The molecular weight excluding hydrogens is 296 g/mol. The Balaban J connectivity index is 0.000000143. The summed E-state index contributed by atoms with van der Waals surface area (Å²) in [6.07, 6.45) is 0. The van der Waals surface area contributed by atoms with E-state index in [1.807, 2.05) is 97.1 Å². The molecule has 0 amide bonds. The number of benzene rings is 4. The quantitative estimate of drug-likeness (QED) is 0.490. The minimum absolute atomic E-state index is 0.350. The Hall–Kier alpha value is -3.26. The van der Waals surface area contributed by atoms with Gasteiger partial charge in [-0.2, -0.15) is 0 Å². The van der Waals surface area contributed by atoms with Crippen LogP contribution in [0.4, 0.5) is 0 Å². The molecule has 0 heterocycles. The number of para-hydroxylation sites is 2. The molecule has 4 aromatic rings. The lowest BCUT2D eigenvalue weighted by Crippen LogP contribution is -1.81. The van der Waals surface area contributed by atoms with E-state index in [1.54, 1.807) is 6.07 Å². The maximum atomic E-state index is 9.37. The Morgan fingerprint density at radius 1 is 0.500 bits per heavy atom. The summed E-state index contributed by atoms with van der Waals surface area (Å²) in [5, 5.41) is 11.4. The third-order valence-electron chi connectivity index (χ3n) is 3.49. The van der Waals surface area contributed by atoms with E-state index in [-0.39, 0.29) is 0 Å². The fraction of sp³-hybridized carbons (Fsp3) is 0. The van der Waals surface area contributed by atoms with E-state index in [0.29, 0.717) is 5.75 Å². The molecule has 118 valence electrons. The van der Waals surface area contributed by atoms with Crippen molar-refractivity contribution in [1.29, 1.82) is 0 Å². The molecule has 2 nitrogen and oxygen atoms in total. The van der Waals surface area contributed by atoms with Crippen LogP contribution in [0, 0.1) is 0 Å². The van der Waals surface area contributed by atoms with E-state index < -0.39 is 0 Å². The first-order valence-corrected chi connectivity index (χ1v) is 7.77. The summed E-state index contributed by atoms with van der Waals surface area (Å²) in [5.41, 5.74) is 0. The topological polar surface area (TPSA) is 29.5 Å². The molecule has 0 radical (unpaired) electrons. The zero-order valence-electron chi connectivity index (χ0n) is 13.2. The maximum absolute atomic E-state index is 9.37. The Morgan fingerprint density at radius 2 is 1.00 bits per heavy atom. The van der Waals surface area contributed by atoms with E-state index in [1.165, 1.54) is 0 Å². The van der Waals surface area contributed by atoms with Crippen molar-refractivity contribution in [3.8, 4) is 17.2 Å². The van der Waals surface area contributed by atoms with Crippen LogP contribution in [0.25, 0.3) is 10.8 Å². The van der Waals surface area contributed by atoms with Crippen LogP contribution in [-0.4, -0.2) is 5.11 Å². The van der Waals surface area contributed by atoms with Crippen molar-refractivity contribution < 1.29 is 9.84 Å². The van der Waals surface area contributed by atoms with Crippen LogP contribution in [0.1, 0.15) is 0 Å². The molecule has 0 saturated carbocycles. The fourth-order valence-electron chi connectivity index (χ4n) is 2.32. The first-order chi connectivity index (χ1) is 11.8. The van der Waals surface area contributed by atoms with Gasteiger partial charge >= 0.3 is 0 Å². The molecule has 4 rings (SSSR count). The minimum atomic E-state index is 0.350. The van der Waals surface area contributed by atoms with Gasteiger partial charge in [-0.15, -0.1) is 0 Å². The first-order valence-electron chi connectivity index (χ1n) is 7.77. The van der Waals surface area contributed by atoms with Gasteiger partial charge in [0, 0.05) is 5.39 Å². The van der Waals surface area contributed by atoms with Crippen molar-refractivity contribution in [2.75, 3.05) is 0 Å². The summed E-state index contributed by atoms with van der Waals surface area (Å²) in [5.74, 6) is 2.09. The third kappa shape index (κ3) is 4.14. The predicted octanol–water partition coefficient (Wildman–Crippen LogP) is 6.02. The lowest BCUT2D eigenvalue weighted by molar-refractivity contribution is 0.481. The molecule has 0 aromatic heterocycles. The van der Waals surface area contributed by atoms with Crippen molar-refractivity contribution in [3.63, 3.8) is 0 Å². The van der Waals surface area contributed by atoms with Crippen LogP contribution in [0.2, 0.25) is 0 Å². The molecule has 0 aliphatic carbocycles. The number of rotatable bonds is 2. The normalized spacial score (nSPS) is 9.83. The molecule has 0 saturated heterocycles. The van der Waals surface area contributed by atoms with E-state index in [2.05, 4.69) is 0 Å². The average molecular weight is 314 g/mol. The van der Waals surface area contributed by atoms with Gasteiger partial charge in [0.25, 0.3) is 0 Å². The zero-order chi connectivity index (χ0) is 16.6. The summed E-state index contributed by atoms with van der Waals surface area (Å²) in [4.78, 5) is 0. The first kappa shape index (κ1) is 15.6. The van der Waals surface area contributed by atoms with Gasteiger partial charge in [0.2, 0.25) is 0 Å². The highest BCUT2D eigenvalue weighted by molar-refractivity contribution is 5.87. The molecule has 4 aromatic carbocycles. The average Bonchev–Trinajstić information content (AvgIpc) is 2.65. The summed E-state index contributed by atoms with van der Waals surface area (Å²) in [6.45, 7) is 0. The molecular formula is C22H18O2. The molecule has 0 spiro atoms. The van der Waals surface area contributed by atoms with Crippen molar-refractivity contribution in [2.45, 2.75) is 0 Å². The Kier molecular flexibility index (Phi) is 5.10. The number of fused-ring (bicyclic) bond motifs is 1. The Bertz CT molecular complexity index is 844. The molecule has 0 bridgehead atoms. The second kappa shape index (κ2) is 7.84. The Labute approximate surface area is 141 Å². The third-order valence-corrected chi connectivity index (χ3v) is 3.49. The summed E-state index contributed by atoms with van der Waals surface area (Å²) < 4.78 is 5.58. The number of aromatic hydroxyl groups is 1. The second-order valence-electron chi connectivity index (χ2n) is 5.23. The number of hydrogen-bond donors (Lipinski definition) is 1. The molecule has 0 unspecified atom stereocenters. The van der Waals surface area contributed by atoms with Gasteiger partial charge in [0.05, 0.1) is 0 Å². The number of hydrogen-bond acceptors (Lipinski definition) is 2. The number of phenols is 1. The summed E-state index contributed by atoms with van der Waals surface area (Å²) in [7, 11) is 0. The van der Waals surface area contributed by atoms with Crippen molar-refractivity contribution in [1.82, 2.24) is 0 Å². The lowest BCUT2D eigenvalue weighted by Gasteiger charge is -2.03. The molecule has 0 atom stereocenters. The van der Waals surface area contributed by atoms with Crippen LogP contribution >= 0.6 is 0 Å². The van der Waals surface area contributed by atoms with Gasteiger partial charge in [-0.1, -0.05) is 72.8 Å². The van der Waals surface area contributed by atoms with Gasteiger partial charge in [-0.05, 0) is 35.7 Å². The van der Waals surface area contributed by atoms with Gasteiger partial charge in [0.15, 0.2) is 0 Å². The summed E-state index contributed by atoms with van der Waals surface area (Å²) >= 11 is 0. The highest BCUT2D eigenvalue weighted by atomic mass is 16.5. The smallest absolute Gasteiger partial charge is 0.127 e. The Morgan fingerprint density at radius 3 is 1.58 bits per heavy atom. The molecule has 1 N–H and O–H groups in total. The highest BCUT2D eigenvalue weighted by Crippen LogP contribution is 2.23. The molecule has 2 heteroatoms. The predicted molar refractivity (Wildman–Crippen MR) is 98.6 cm³/mol. The largest absolute Gasteiger partial charge is 0.507 e.